The maximum absolute atomic E-state index is 13.5. The summed E-state index contributed by atoms with van der Waals surface area (Å²) in [5.74, 6) is 0.0308. The quantitative estimate of drug-likeness (QED) is 0.692. The van der Waals surface area contributed by atoms with Gasteiger partial charge in [-0.25, -0.2) is 4.68 Å². The van der Waals surface area contributed by atoms with Gasteiger partial charge in [0.25, 0.3) is 11.5 Å². The predicted octanol–water partition coefficient (Wildman–Crippen LogP) is 3.71. The van der Waals surface area contributed by atoms with Crippen molar-refractivity contribution < 1.29 is 4.79 Å². The highest BCUT2D eigenvalue weighted by molar-refractivity contribution is 6.02. The van der Waals surface area contributed by atoms with Crippen molar-refractivity contribution in [3.8, 4) is 16.8 Å². The largest absolute Gasteiger partial charge is 0.366 e. The van der Waals surface area contributed by atoms with Crippen molar-refractivity contribution in [3.05, 3.63) is 63.3 Å². The Morgan fingerprint density at radius 2 is 1.62 bits per heavy atom. The lowest BCUT2D eigenvalue weighted by molar-refractivity contribution is 0.1000. The topological polar surface area (TPSA) is 75.0 Å². The molecule has 0 saturated heterocycles. The van der Waals surface area contributed by atoms with Crippen LogP contribution in [0.25, 0.3) is 16.8 Å². The van der Waals surface area contributed by atoms with Crippen LogP contribution in [0.3, 0.4) is 0 Å². The van der Waals surface area contributed by atoms with E-state index >= 15 is 0 Å². The number of nitrogens with zero attached hydrogens (tertiary/aromatic N) is 3. The van der Waals surface area contributed by atoms with Gasteiger partial charge in [0.1, 0.15) is 0 Å². The maximum Gasteiger partial charge on any atom is 0.279 e. The minimum atomic E-state index is -0.502. The van der Waals surface area contributed by atoms with Crippen LogP contribution in [-0.2, 0) is 13.6 Å². The summed E-state index contributed by atoms with van der Waals surface area (Å²) in [6.07, 6.45) is 0.982. The Kier molecular flexibility index (Phi) is 5.55. The summed E-state index contributed by atoms with van der Waals surface area (Å²) in [4.78, 5) is 25.9. The minimum Gasteiger partial charge on any atom is -0.366 e. The monoisotopic (exact) mass is 394 g/mol. The molecular weight excluding hydrogens is 364 g/mol. The first-order valence-electron chi connectivity index (χ1n) is 10.0. The molecule has 2 heterocycles. The van der Waals surface area contributed by atoms with Crippen LogP contribution in [0, 0.1) is 26.7 Å². The lowest BCUT2D eigenvalue weighted by Gasteiger charge is -2.11. The zero-order valence-electron chi connectivity index (χ0n) is 18.1. The van der Waals surface area contributed by atoms with Crippen LogP contribution in [0.5, 0.6) is 0 Å². The van der Waals surface area contributed by atoms with E-state index < -0.39 is 5.91 Å². The van der Waals surface area contributed by atoms with Gasteiger partial charge < -0.3 is 10.3 Å². The Bertz CT molecular complexity index is 1110. The van der Waals surface area contributed by atoms with Crippen molar-refractivity contribution in [2.75, 3.05) is 0 Å². The average Bonchev–Trinajstić information content (AvgIpc) is 3.03. The third-order valence-corrected chi connectivity index (χ3v) is 5.76. The van der Waals surface area contributed by atoms with E-state index in [0.717, 1.165) is 35.7 Å². The third-order valence-electron chi connectivity index (χ3n) is 5.76. The number of benzene rings is 1. The van der Waals surface area contributed by atoms with Gasteiger partial charge in [-0.1, -0.05) is 32.0 Å². The fourth-order valence-corrected chi connectivity index (χ4v) is 4.07. The minimum absolute atomic E-state index is 0.150. The van der Waals surface area contributed by atoms with Crippen LogP contribution in [0.1, 0.15) is 47.7 Å². The molecule has 0 saturated carbocycles. The van der Waals surface area contributed by atoms with E-state index in [0.29, 0.717) is 22.6 Å². The zero-order chi connectivity index (χ0) is 21.5. The molecule has 0 spiro atoms. The Labute approximate surface area is 171 Å². The molecule has 6 heteroatoms. The molecule has 0 unspecified atom stereocenters. The van der Waals surface area contributed by atoms with Gasteiger partial charge in [0.15, 0.2) is 0 Å². The molecule has 0 fully saturated rings. The molecule has 154 valence electrons. The number of rotatable bonds is 6. The highest BCUT2D eigenvalue weighted by atomic mass is 16.1. The van der Waals surface area contributed by atoms with Gasteiger partial charge in [-0.15, -0.1) is 0 Å². The van der Waals surface area contributed by atoms with Gasteiger partial charge in [-0.2, -0.15) is 0 Å². The van der Waals surface area contributed by atoms with E-state index in [9.17, 15) is 9.59 Å². The number of hydrogen-bond donors (Lipinski definition) is 1. The van der Waals surface area contributed by atoms with E-state index in [2.05, 4.69) is 18.4 Å². The molecule has 0 radical (unpaired) electrons. The second kappa shape index (κ2) is 7.78. The zero-order valence-corrected chi connectivity index (χ0v) is 18.1. The van der Waals surface area contributed by atoms with Crippen molar-refractivity contribution in [1.82, 2.24) is 13.9 Å². The molecule has 0 aliphatic carbocycles. The fraction of sp³-hybridized carbons (Fsp3) is 0.391. The molecule has 0 atom stereocenters. The lowest BCUT2D eigenvalue weighted by Crippen LogP contribution is -2.20. The van der Waals surface area contributed by atoms with Gasteiger partial charge in [-0.3, -0.25) is 14.3 Å². The number of primary amides is 1. The van der Waals surface area contributed by atoms with Crippen molar-refractivity contribution in [3.63, 3.8) is 0 Å². The molecule has 1 amide bonds. The molecule has 1 aromatic carbocycles. The van der Waals surface area contributed by atoms with Gasteiger partial charge in [-0.05, 0) is 45.2 Å². The SMILES string of the molecule is Cc1c(C(N)=O)c(-c2c(C)n(C)n(-c3ccccc3)c2=O)c(C)n1CCC(C)C. The first kappa shape index (κ1) is 20.7. The lowest BCUT2D eigenvalue weighted by atomic mass is 10.0. The Hall–Kier alpha value is -3.02. The van der Waals surface area contributed by atoms with E-state index in [-0.39, 0.29) is 5.56 Å². The number of para-hydroxylation sites is 1. The highest BCUT2D eigenvalue weighted by Gasteiger charge is 2.28. The van der Waals surface area contributed by atoms with Crippen molar-refractivity contribution in [2.45, 2.75) is 47.6 Å². The standard InChI is InChI=1S/C23H30N4O2/c1-14(2)12-13-26-16(4)19(20(17(26)5)22(24)28)21-15(3)25(6)27(23(21)29)18-10-8-7-9-11-18/h7-11,14H,12-13H2,1-6H3,(H2,24,28). The van der Waals surface area contributed by atoms with Crippen LogP contribution < -0.4 is 11.3 Å². The summed E-state index contributed by atoms with van der Waals surface area (Å²) in [5.41, 5.74) is 10.6. The van der Waals surface area contributed by atoms with Crippen LogP contribution >= 0.6 is 0 Å². The second-order valence-electron chi connectivity index (χ2n) is 8.06. The predicted molar refractivity (Wildman–Crippen MR) is 117 cm³/mol. The van der Waals surface area contributed by atoms with Crippen LogP contribution in [0.15, 0.2) is 35.1 Å². The van der Waals surface area contributed by atoms with E-state index in [4.69, 9.17) is 5.73 Å². The number of hydrogen-bond acceptors (Lipinski definition) is 2. The highest BCUT2D eigenvalue weighted by Crippen LogP contribution is 2.33. The molecule has 29 heavy (non-hydrogen) atoms. The first-order chi connectivity index (χ1) is 13.7. The molecule has 2 aromatic heterocycles. The van der Waals surface area contributed by atoms with Gasteiger partial charge >= 0.3 is 0 Å². The normalized spacial score (nSPS) is 11.4. The summed E-state index contributed by atoms with van der Waals surface area (Å²) < 4.78 is 5.59. The molecule has 3 aromatic rings. The van der Waals surface area contributed by atoms with Crippen LogP contribution in [0.4, 0.5) is 0 Å². The van der Waals surface area contributed by atoms with E-state index in [1.165, 1.54) is 0 Å². The van der Waals surface area contributed by atoms with Gasteiger partial charge in [0.2, 0.25) is 0 Å². The van der Waals surface area contributed by atoms with Crippen molar-refractivity contribution in [1.29, 1.82) is 0 Å². The molecule has 0 aliphatic heterocycles. The van der Waals surface area contributed by atoms with Crippen LogP contribution in [0.2, 0.25) is 0 Å². The van der Waals surface area contributed by atoms with Gasteiger partial charge in [0, 0.05) is 36.2 Å². The van der Waals surface area contributed by atoms with Crippen molar-refractivity contribution in [2.24, 2.45) is 18.7 Å². The molecule has 2 N–H and O–H groups in total. The summed E-state index contributed by atoms with van der Waals surface area (Å²) >= 11 is 0. The van der Waals surface area contributed by atoms with Gasteiger partial charge in [0.05, 0.1) is 16.8 Å². The third kappa shape index (κ3) is 3.43. The average molecular weight is 395 g/mol. The molecular formula is C23H30N4O2. The molecule has 3 rings (SSSR count). The summed E-state index contributed by atoms with van der Waals surface area (Å²) in [6.45, 7) is 10.9. The molecule has 0 aliphatic rings. The van der Waals surface area contributed by atoms with Crippen molar-refractivity contribution >= 4 is 5.91 Å². The van der Waals surface area contributed by atoms with Crippen LogP contribution in [-0.4, -0.2) is 19.8 Å². The second-order valence-corrected chi connectivity index (χ2v) is 8.06. The number of carbonyl (C=O) groups excluding carboxylic acids is 1. The fourth-order valence-electron chi connectivity index (χ4n) is 4.07. The maximum atomic E-state index is 13.5. The number of amides is 1. The Morgan fingerprint density at radius 3 is 2.17 bits per heavy atom. The molecule has 6 nitrogen and oxygen atoms in total. The number of nitrogens with two attached hydrogens (primary N) is 1. The molecule has 0 bridgehead atoms. The Balaban J connectivity index is 2.31. The number of aromatic nitrogens is 3. The Morgan fingerprint density at radius 1 is 1.00 bits per heavy atom. The van der Waals surface area contributed by atoms with E-state index in [1.807, 2.05) is 62.8 Å². The van der Waals surface area contributed by atoms with E-state index in [1.54, 1.807) is 4.68 Å². The number of carbonyl (C=O) groups is 1. The summed E-state index contributed by atoms with van der Waals surface area (Å²) in [6, 6.07) is 9.50. The smallest absolute Gasteiger partial charge is 0.279 e. The summed E-state index contributed by atoms with van der Waals surface area (Å²) in [5, 5.41) is 0. The summed E-state index contributed by atoms with van der Waals surface area (Å²) in [7, 11) is 1.86. The first-order valence-corrected chi connectivity index (χ1v) is 10.0.